The van der Waals surface area contributed by atoms with Gasteiger partial charge in [-0.15, -0.1) is 0 Å². The first-order valence-corrected chi connectivity index (χ1v) is 44.1. The molecule has 0 unspecified atom stereocenters. The Labute approximate surface area is 757 Å². The maximum absolute atomic E-state index is 13.5. The van der Waals surface area contributed by atoms with E-state index >= 15 is 0 Å². The molecule has 0 bridgehead atoms. The number of hydrogen-bond donors (Lipinski definition) is 7. The summed E-state index contributed by atoms with van der Waals surface area (Å²) >= 11 is 0. The van der Waals surface area contributed by atoms with Gasteiger partial charge in [0.25, 0.3) is 0 Å². The van der Waals surface area contributed by atoms with Crippen LogP contribution in [-0.4, -0.2) is 202 Å². The highest BCUT2D eigenvalue weighted by atomic mass is 16.6. The second-order valence-corrected chi connectivity index (χ2v) is 32.6. The molecular weight excluding hydrogens is 1660 g/mol. The summed E-state index contributed by atoms with van der Waals surface area (Å²) in [4.78, 5) is 151. The fraction of sp³-hybridized carbons (Fsp3) is 0.353. The van der Waals surface area contributed by atoms with Crippen LogP contribution in [0.3, 0.4) is 0 Å². The predicted molar refractivity (Wildman–Crippen MR) is 487 cm³/mol. The van der Waals surface area contributed by atoms with E-state index in [4.69, 9.17) is 39.4 Å². The first-order chi connectivity index (χ1) is 62.9. The predicted octanol–water partition coefficient (Wildman–Crippen LogP) is 14.5. The summed E-state index contributed by atoms with van der Waals surface area (Å²) in [5, 5.41) is 43.6. The number of alkyl carbamates (subject to hydrolysis) is 3. The molecule has 0 saturated carbocycles. The number of likely N-dealkylation sites (tertiary alicyclic amines) is 4. The fourth-order valence-corrected chi connectivity index (χ4v) is 15.9. The van der Waals surface area contributed by atoms with Gasteiger partial charge in [0.1, 0.15) is 39.0 Å². The summed E-state index contributed by atoms with van der Waals surface area (Å²) in [6.07, 6.45) is 5.55. The Kier molecular flexibility index (Phi) is 39.3. The van der Waals surface area contributed by atoms with Gasteiger partial charge >= 0.3 is 48.3 Å². The third-order valence-corrected chi connectivity index (χ3v) is 23.2. The van der Waals surface area contributed by atoms with Crippen LogP contribution in [0, 0.1) is 0 Å². The van der Waals surface area contributed by atoms with Crippen LogP contribution in [0.25, 0.3) is 0 Å². The smallest absolute Gasteiger partial charge is 0.410 e. The van der Waals surface area contributed by atoms with Gasteiger partial charge < -0.3 is 79.8 Å². The summed E-state index contributed by atoms with van der Waals surface area (Å²) in [7, 11) is 1.57. The number of carbonyl (C=O) groups is 12. The second-order valence-electron chi connectivity index (χ2n) is 32.6. The molecule has 4 aliphatic rings. The minimum atomic E-state index is -0.845. The van der Waals surface area contributed by atoms with Crippen LogP contribution in [-0.2, 0) is 116 Å². The van der Waals surface area contributed by atoms with Gasteiger partial charge in [0.05, 0.1) is 25.7 Å². The Morgan fingerprint density at radius 3 is 0.854 bits per heavy atom. The number of aliphatic carboxylic acids is 4. The summed E-state index contributed by atoms with van der Waals surface area (Å²) in [6.45, 7) is 6.35. The standard InChI is InChI=1S/C30H32N2O5.3C24H28N2O5/c33-28(34)20-23-11-13-25(14-12-23)26-15-17-32(18-16-26)29(35)27(19-22-7-3-1-4-8-22)31-30(36)37-21-24-9-5-2-6-10-24;1-25(24(30)31-17-19-5-3-2-4-6-19)16-22(27)26-13-11-21(12-14-26)20-9-7-18(8-10-20)15-23(28)29;2*27-22(10-13-25-24(30)31-17-19-4-2-1-3-5-19)26-14-11-21(12-15-26)20-8-6-18(7-9-20)16-23(28)29/h1-14,26-27H,15-21H2,(H,31,36)(H,33,34);2-10,21H,11-17H2,1H3,(H,28,29);2*1-9,21H,10-17H2,(H,25,30)(H,28,29)/t27-;;;/m1.../s1. The van der Waals surface area contributed by atoms with Crippen LogP contribution < -0.4 is 16.0 Å². The number of nitrogens with one attached hydrogen (secondary N) is 3. The van der Waals surface area contributed by atoms with Crippen molar-refractivity contribution in [2.24, 2.45) is 0 Å². The second kappa shape index (κ2) is 52.2. The number of benzene rings is 9. The highest BCUT2D eigenvalue weighted by molar-refractivity contribution is 5.86. The first kappa shape index (κ1) is 98.0. The molecule has 0 spiro atoms. The van der Waals surface area contributed by atoms with Crippen molar-refractivity contribution in [3.05, 3.63) is 321 Å². The lowest BCUT2D eigenvalue weighted by molar-refractivity contribution is -0.137. The number of ether oxygens (including phenoxy) is 4. The maximum Gasteiger partial charge on any atom is 0.410 e. The Bertz CT molecular complexity index is 4940. The van der Waals surface area contributed by atoms with Crippen molar-refractivity contribution in [3.8, 4) is 0 Å². The van der Waals surface area contributed by atoms with E-state index in [-0.39, 0.29) is 108 Å². The topological polar surface area (TPSA) is 375 Å². The molecule has 8 amide bonds. The normalized spacial score (nSPS) is 14.3. The van der Waals surface area contributed by atoms with Gasteiger partial charge in [-0.3, -0.25) is 38.4 Å². The number of carboxylic acid groups (broad SMARTS) is 4. The molecule has 7 N–H and O–H groups in total. The van der Waals surface area contributed by atoms with E-state index in [2.05, 4.69) is 16.0 Å². The third-order valence-electron chi connectivity index (χ3n) is 23.2. The lowest BCUT2D eigenvalue weighted by Gasteiger charge is -2.34. The largest absolute Gasteiger partial charge is 0.481 e. The molecule has 13 rings (SSSR count). The number of rotatable bonds is 32. The molecular formula is C102H116N8O20. The van der Waals surface area contributed by atoms with Crippen molar-refractivity contribution in [1.29, 1.82) is 0 Å². The summed E-state index contributed by atoms with van der Waals surface area (Å²) in [5.41, 5.74) is 12.4. The van der Waals surface area contributed by atoms with E-state index in [1.807, 2.05) is 263 Å². The molecule has 4 fully saturated rings. The Balaban J connectivity index is 0.000000181. The molecule has 684 valence electrons. The Hall–Kier alpha value is -14.2. The van der Waals surface area contributed by atoms with Crippen molar-refractivity contribution in [3.63, 3.8) is 0 Å². The van der Waals surface area contributed by atoms with Crippen LogP contribution in [0.1, 0.15) is 160 Å². The summed E-state index contributed by atoms with van der Waals surface area (Å²) < 4.78 is 20.9. The van der Waals surface area contributed by atoms with Crippen LogP contribution >= 0.6 is 0 Å². The Morgan fingerprint density at radius 2 is 0.569 bits per heavy atom. The monoisotopic (exact) mass is 1770 g/mol. The number of carboxylic acids is 4. The van der Waals surface area contributed by atoms with Crippen molar-refractivity contribution in [2.75, 3.05) is 79.0 Å². The van der Waals surface area contributed by atoms with E-state index < -0.39 is 54.3 Å². The van der Waals surface area contributed by atoms with E-state index in [9.17, 15) is 57.5 Å². The SMILES string of the molecule is CN(CC(=O)N1CCC(c2ccc(CC(=O)O)cc2)CC1)C(=O)OCc1ccccc1.O=C(O)Cc1ccc(C2CCN(C(=O)CCNC(=O)OCc3ccccc3)CC2)cc1.O=C(O)Cc1ccc(C2CCN(C(=O)CCNC(=O)OCc3ccccc3)CC2)cc1.O=C(O)Cc1ccc(C2CCN(C(=O)[C@@H](Cc3ccccc3)NC(=O)OCc3ccccc3)CC2)cc1. The third kappa shape index (κ3) is 34.2. The van der Waals surface area contributed by atoms with E-state index in [0.717, 1.165) is 107 Å². The highest BCUT2D eigenvalue weighted by Crippen LogP contribution is 2.33. The van der Waals surface area contributed by atoms with Crippen LogP contribution in [0.4, 0.5) is 19.2 Å². The summed E-state index contributed by atoms with van der Waals surface area (Å²) in [6, 6.07) is 77.4. The zero-order valence-electron chi connectivity index (χ0n) is 73.3. The van der Waals surface area contributed by atoms with Crippen molar-refractivity contribution < 1.29 is 96.9 Å². The molecule has 4 aliphatic heterocycles. The van der Waals surface area contributed by atoms with Crippen LogP contribution in [0.2, 0.25) is 0 Å². The minimum Gasteiger partial charge on any atom is -0.481 e. The summed E-state index contributed by atoms with van der Waals surface area (Å²) in [5.74, 6) is -2.12. The Morgan fingerprint density at radius 1 is 0.315 bits per heavy atom. The molecule has 130 heavy (non-hydrogen) atoms. The molecule has 4 heterocycles. The molecule has 1 atom stereocenters. The van der Waals surface area contributed by atoms with Crippen molar-refractivity contribution >= 4 is 71.9 Å². The van der Waals surface area contributed by atoms with Gasteiger partial charge in [-0.2, -0.15) is 0 Å². The average Bonchev–Trinajstić information content (AvgIpc) is 0.802. The number of likely N-dealkylation sites (N-methyl/N-ethyl adjacent to an activating group) is 1. The molecule has 0 aliphatic carbocycles. The molecule has 28 nitrogen and oxygen atoms in total. The fourth-order valence-electron chi connectivity index (χ4n) is 15.9. The van der Waals surface area contributed by atoms with Gasteiger partial charge in [0, 0.05) is 91.8 Å². The number of nitrogens with zero attached hydrogens (tertiary/aromatic N) is 5. The average molecular weight is 1770 g/mol. The van der Waals surface area contributed by atoms with Crippen LogP contribution in [0.15, 0.2) is 249 Å². The van der Waals surface area contributed by atoms with E-state index in [1.54, 1.807) is 11.9 Å². The maximum atomic E-state index is 13.5. The molecule has 0 radical (unpaired) electrons. The lowest BCUT2D eigenvalue weighted by Crippen LogP contribution is -2.51. The molecule has 9 aromatic carbocycles. The number of amides is 8. The molecule has 4 saturated heterocycles. The highest BCUT2D eigenvalue weighted by Gasteiger charge is 2.33. The zero-order chi connectivity index (χ0) is 92.4. The first-order valence-electron chi connectivity index (χ1n) is 44.1. The molecule has 28 heteroatoms. The van der Waals surface area contributed by atoms with Crippen molar-refractivity contribution in [2.45, 2.75) is 152 Å². The van der Waals surface area contributed by atoms with Gasteiger partial charge in [0.15, 0.2) is 0 Å². The number of hydrogen-bond acceptors (Lipinski definition) is 16. The van der Waals surface area contributed by atoms with Gasteiger partial charge in [-0.25, -0.2) is 19.2 Å². The molecule has 9 aromatic rings. The minimum absolute atomic E-state index is 0.0107. The van der Waals surface area contributed by atoms with E-state index in [0.29, 0.717) is 82.5 Å². The van der Waals surface area contributed by atoms with Gasteiger partial charge in [0.2, 0.25) is 23.6 Å². The van der Waals surface area contributed by atoms with Gasteiger partial charge in [-0.1, -0.05) is 249 Å². The van der Waals surface area contributed by atoms with Gasteiger partial charge in [-0.05, 0) is 147 Å². The quantitative estimate of drug-likeness (QED) is 0.0193. The lowest BCUT2D eigenvalue weighted by atomic mass is 9.88. The van der Waals surface area contributed by atoms with Crippen molar-refractivity contribution in [1.82, 2.24) is 40.4 Å². The number of carbonyl (C=O) groups excluding carboxylic acids is 8. The van der Waals surface area contributed by atoms with E-state index in [1.165, 1.54) is 21.6 Å². The van der Waals surface area contributed by atoms with Crippen LogP contribution in [0.5, 0.6) is 0 Å². The number of piperidine rings is 4. The zero-order valence-corrected chi connectivity index (χ0v) is 73.3. The molecule has 0 aromatic heterocycles.